The van der Waals surface area contributed by atoms with E-state index in [9.17, 15) is 45.5 Å². The fraction of sp³-hybridized carbons (Fsp3) is 0.304. The molecule has 1 fully saturated rings. The van der Waals surface area contributed by atoms with Crippen LogP contribution in [-0.4, -0.2) is 60.0 Å². The number of hydrogen-bond acceptors (Lipinski definition) is 7. The summed E-state index contributed by atoms with van der Waals surface area (Å²) in [6.45, 7) is -0.300. The predicted octanol–water partition coefficient (Wildman–Crippen LogP) is 3.13. The van der Waals surface area contributed by atoms with Crippen molar-refractivity contribution in [3.63, 3.8) is 0 Å². The molecule has 3 rings (SSSR count). The molecule has 2 amide bonds. The average Bonchev–Trinajstić information content (AvgIpc) is 2.81. The Morgan fingerprint density at radius 2 is 1.74 bits per heavy atom. The van der Waals surface area contributed by atoms with Crippen LogP contribution in [0.5, 0.6) is 0 Å². The Bertz CT molecular complexity index is 1300. The molecule has 4 N–H and O–H groups in total. The number of halogens is 7. The molecule has 9 nitrogen and oxygen atoms in total. The first kappa shape index (κ1) is 30.1. The van der Waals surface area contributed by atoms with Gasteiger partial charge in [-0.1, -0.05) is 0 Å². The van der Waals surface area contributed by atoms with Crippen LogP contribution >= 0.6 is 22.6 Å². The molecule has 0 bridgehead atoms. The van der Waals surface area contributed by atoms with Gasteiger partial charge in [0.1, 0.15) is 11.9 Å². The minimum absolute atomic E-state index is 0.150. The number of benzene rings is 2. The summed E-state index contributed by atoms with van der Waals surface area (Å²) < 4.78 is 84.6. The third-order valence-electron chi connectivity index (χ3n) is 5.51. The molecule has 1 aliphatic heterocycles. The van der Waals surface area contributed by atoms with Crippen molar-refractivity contribution < 1.29 is 50.3 Å². The highest BCUT2D eigenvalue weighted by Gasteiger charge is 2.44. The fourth-order valence-corrected chi connectivity index (χ4v) is 4.01. The lowest BCUT2D eigenvalue weighted by Gasteiger charge is -2.41. The first-order chi connectivity index (χ1) is 18.2. The average molecular weight is 672 g/mol. The number of hydrogen-bond donors (Lipinski definition) is 3. The molecule has 16 heteroatoms. The summed E-state index contributed by atoms with van der Waals surface area (Å²) in [4.78, 5) is 48.4. The smallest absolute Gasteiger partial charge is 0.385 e. The molecule has 0 aliphatic carbocycles. The Morgan fingerprint density at radius 3 is 2.33 bits per heavy atom. The Labute approximate surface area is 230 Å². The van der Waals surface area contributed by atoms with E-state index in [2.05, 4.69) is 15.4 Å². The topological polar surface area (TPSA) is 131 Å². The minimum atomic E-state index is -5.43. The van der Waals surface area contributed by atoms with E-state index in [1.165, 1.54) is 12.1 Å². The van der Waals surface area contributed by atoms with E-state index in [0.29, 0.717) is 9.64 Å². The van der Waals surface area contributed by atoms with Crippen LogP contribution in [0, 0.1) is 21.0 Å². The Kier molecular flexibility index (Phi) is 9.42. The molecular formula is C23H19F6IN4O5. The van der Waals surface area contributed by atoms with E-state index >= 15 is 0 Å². The van der Waals surface area contributed by atoms with Gasteiger partial charge in [-0.25, -0.2) is 22.8 Å². The maximum atomic E-state index is 14.6. The van der Waals surface area contributed by atoms with Crippen LogP contribution in [-0.2, 0) is 19.1 Å². The Morgan fingerprint density at radius 1 is 1.08 bits per heavy atom. The highest BCUT2D eigenvalue weighted by Crippen LogP contribution is 2.30. The maximum absolute atomic E-state index is 14.6. The van der Waals surface area contributed by atoms with Gasteiger partial charge in [-0.3, -0.25) is 14.9 Å². The Balaban J connectivity index is 1.72. The lowest BCUT2D eigenvalue weighted by molar-refractivity contribution is -0.202. The second-order valence-corrected chi connectivity index (χ2v) is 9.62. The number of nitrogens with two attached hydrogens (primary N) is 1. The van der Waals surface area contributed by atoms with Crippen LogP contribution < -0.4 is 16.4 Å². The van der Waals surface area contributed by atoms with E-state index in [4.69, 9.17) is 5.73 Å². The third-order valence-corrected chi connectivity index (χ3v) is 6.18. The molecule has 1 saturated heterocycles. The number of likely N-dealkylation sites (tertiary alicyclic amines) is 1. The van der Waals surface area contributed by atoms with Gasteiger partial charge in [0.2, 0.25) is 5.91 Å². The quantitative estimate of drug-likeness (QED) is 0.162. The summed E-state index contributed by atoms with van der Waals surface area (Å²) in [7, 11) is 0. The summed E-state index contributed by atoms with van der Waals surface area (Å²) in [5.74, 6) is -9.53. The molecule has 1 aliphatic rings. The monoisotopic (exact) mass is 672 g/mol. The summed E-state index contributed by atoms with van der Waals surface area (Å²) in [6.07, 6.45) is -6.26. The number of rotatable bonds is 9. The number of nitrogens with one attached hydrogen (secondary N) is 2. The van der Waals surface area contributed by atoms with Crippen molar-refractivity contribution in [1.29, 1.82) is 0 Å². The molecule has 0 spiro atoms. The molecule has 2 aromatic carbocycles. The zero-order valence-corrected chi connectivity index (χ0v) is 21.7. The first-order valence-electron chi connectivity index (χ1n) is 11.0. The highest BCUT2D eigenvalue weighted by molar-refractivity contribution is 14.1. The van der Waals surface area contributed by atoms with Crippen molar-refractivity contribution in [2.45, 2.75) is 31.1 Å². The lowest BCUT2D eigenvalue weighted by Crippen LogP contribution is -2.63. The van der Waals surface area contributed by atoms with Crippen molar-refractivity contribution >= 4 is 57.7 Å². The Hall–Kier alpha value is -3.41. The molecule has 0 radical (unpaired) electrons. The summed E-state index contributed by atoms with van der Waals surface area (Å²) in [5.41, 5.74) is 3.83. The van der Waals surface area contributed by atoms with E-state index in [1.54, 1.807) is 0 Å². The molecule has 0 saturated carbocycles. The number of carbonyl (C=O) groups excluding carboxylic acids is 4. The first-order valence-corrected chi connectivity index (χ1v) is 12.1. The van der Waals surface area contributed by atoms with Crippen LogP contribution in [0.3, 0.4) is 0 Å². The number of alkyl halides is 3. The van der Waals surface area contributed by atoms with E-state index in [1.807, 2.05) is 22.6 Å². The van der Waals surface area contributed by atoms with Crippen molar-refractivity contribution in [1.82, 2.24) is 10.2 Å². The highest BCUT2D eigenvalue weighted by atomic mass is 127. The van der Waals surface area contributed by atoms with Gasteiger partial charge in [0.05, 0.1) is 16.9 Å². The van der Waals surface area contributed by atoms with E-state index < -0.39 is 78.0 Å². The second kappa shape index (κ2) is 12.2. The lowest BCUT2D eigenvalue weighted by atomic mass is 10.0. The zero-order valence-electron chi connectivity index (χ0n) is 19.6. The number of ether oxygens (including phenoxy) is 1. The van der Waals surface area contributed by atoms with Gasteiger partial charge in [-0.15, -0.1) is 0 Å². The standard InChI is InChI=1S/C23H19F6IN4O5/c24-13-3-2-12(19(18(13)26)33-15-4-1-10(30)7-14(15)25)20(36)34-8-11(9-34)32-16(5-6-17(31)35)21(37)39-22(38)23(27,28)29/h1-4,7,11,16,32-33H,5-6,8-9H2,(H2,31,35)/t16-/m0/s1. The van der Waals surface area contributed by atoms with Gasteiger partial charge in [0.25, 0.3) is 5.91 Å². The van der Waals surface area contributed by atoms with Gasteiger partial charge in [0.15, 0.2) is 11.6 Å². The molecule has 210 valence electrons. The third kappa shape index (κ3) is 7.59. The fourth-order valence-electron chi connectivity index (χ4n) is 3.56. The second-order valence-electron chi connectivity index (χ2n) is 8.37. The van der Waals surface area contributed by atoms with Crippen molar-refractivity contribution in [3.05, 3.63) is 56.9 Å². The van der Waals surface area contributed by atoms with Gasteiger partial charge in [0, 0.05) is 29.1 Å². The number of carbonyl (C=O) groups is 4. The van der Waals surface area contributed by atoms with Crippen LogP contribution in [0.15, 0.2) is 30.3 Å². The summed E-state index contributed by atoms with van der Waals surface area (Å²) >= 11 is 1.85. The van der Waals surface area contributed by atoms with Gasteiger partial charge in [-0.2, -0.15) is 13.2 Å². The largest absolute Gasteiger partial charge is 0.491 e. The van der Waals surface area contributed by atoms with Gasteiger partial charge >= 0.3 is 18.1 Å². The maximum Gasteiger partial charge on any atom is 0.491 e. The van der Waals surface area contributed by atoms with Crippen molar-refractivity contribution in [2.24, 2.45) is 5.73 Å². The van der Waals surface area contributed by atoms with Crippen LogP contribution in [0.1, 0.15) is 23.2 Å². The summed E-state index contributed by atoms with van der Waals surface area (Å²) in [5, 5.41) is 4.99. The molecule has 39 heavy (non-hydrogen) atoms. The summed E-state index contributed by atoms with van der Waals surface area (Å²) in [6, 6.07) is 3.35. The van der Waals surface area contributed by atoms with Gasteiger partial charge < -0.3 is 20.7 Å². The van der Waals surface area contributed by atoms with Crippen molar-refractivity contribution in [2.75, 3.05) is 18.4 Å². The van der Waals surface area contributed by atoms with Crippen LogP contribution in [0.25, 0.3) is 0 Å². The van der Waals surface area contributed by atoms with Crippen molar-refractivity contribution in [3.8, 4) is 0 Å². The number of primary amides is 1. The number of anilines is 2. The van der Waals surface area contributed by atoms with Gasteiger partial charge in [-0.05, 0) is 59.3 Å². The minimum Gasteiger partial charge on any atom is -0.385 e. The molecule has 2 aromatic rings. The molecule has 0 unspecified atom stereocenters. The molecule has 0 aromatic heterocycles. The molecular weight excluding hydrogens is 653 g/mol. The van der Waals surface area contributed by atoms with E-state index in [-0.39, 0.29) is 24.3 Å². The number of nitrogens with zero attached hydrogens (tertiary/aromatic N) is 1. The van der Waals surface area contributed by atoms with E-state index in [0.717, 1.165) is 17.0 Å². The van der Waals surface area contributed by atoms with Crippen LogP contribution in [0.2, 0.25) is 0 Å². The normalized spacial score (nSPS) is 14.4. The SMILES string of the molecule is NC(=O)CC[C@H](NC1CN(C(=O)c2ccc(F)c(F)c2Nc2ccc(I)cc2F)C1)C(=O)OC(=O)C(F)(F)F. The number of amides is 2. The predicted molar refractivity (Wildman–Crippen MR) is 131 cm³/mol. The zero-order chi connectivity index (χ0) is 29.1. The van der Waals surface area contributed by atoms with Crippen LogP contribution in [0.4, 0.5) is 37.7 Å². The number of esters is 2. The molecule has 1 atom stereocenters. The molecule has 1 heterocycles.